The minimum atomic E-state index is -1.10. The van der Waals surface area contributed by atoms with Gasteiger partial charge < -0.3 is 9.84 Å². The Kier molecular flexibility index (Phi) is 5.58. The molecule has 1 heterocycles. The average molecular weight is 387 g/mol. The Morgan fingerprint density at radius 2 is 2.08 bits per heavy atom. The molecule has 1 aliphatic rings. The summed E-state index contributed by atoms with van der Waals surface area (Å²) >= 11 is 6.27. The summed E-state index contributed by atoms with van der Waals surface area (Å²) in [7, 11) is 0. The predicted molar refractivity (Wildman–Crippen MR) is 107 cm³/mol. The lowest BCUT2D eigenvalue weighted by molar-refractivity contribution is -0.140. The van der Waals surface area contributed by atoms with Gasteiger partial charge in [-0.1, -0.05) is 61.2 Å². The maximum absolute atomic E-state index is 12.6. The SMILES string of the molecule is CCCOc1ccc2ccccc2c1C=C1SC(=S)N(CC(=O)O)C1=O. The van der Waals surface area contributed by atoms with Gasteiger partial charge in [-0.25, -0.2) is 0 Å². The quantitative estimate of drug-likeness (QED) is 0.599. The molecule has 2 aromatic rings. The number of carbonyl (C=O) groups excluding carboxylic acids is 1. The van der Waals surface area contributed by atoms with Gasteiger partial charge in [-0.05, 0) is 29.3 Å². The molecule has 26 heavy (non-hydrogen) atoms. The van der Waals surface area contributed by atoms with Gasteiger partial charge in [-0.15, -0.1) is 0 Å². The van der Waals surface area contributed by atoms with Gasteiger partial charge >= 0.3 is 5.97 Å². The number of thioether (sulfide) groups is 1. The van der Waals surface area contributed by atoms with E-state index in [9.17, 15) is 9.59 Å². The van der Waals surface area contributed by atoms with Gasteiger partial charge in [0.1, 0.15) is 16.6 Å². The number of carboxylic acid groups (broad SMARTS) is 1. The molecular weight excluding hydrogens is 370 g/mol. The molecule has 0 bridgehead atoms. The van der Waals surface area contributed by atoms with Crippen LogP contribution in [0.25, 0.3) is 16.8 Å². The molecule has 0 radical (unpaired) electrons. The number of amides is 1. The smallest absolute Gasteiger partial charge is 0.323 e. The molecular formula is C19H17NO4S2. The van der Waals surface area contributed by atoms with E-state index in [0.717, 1.165) is 39.4 Å². The van der Waals surface area contributed by atoms with Gasteiger partial charge in [0.25, 0.3) is 5.91 Å². The molecule has 5 nitrogen and oxygen atoms in total. The van der Waals surface area contributed by atoms with Crippen LogP contribution in [0.4, 0.5) is 0 Å². The number of aliphatic carboxylic acids is 1. The van der Waals surface area contributed by atoms with Crippen molar-refractivity contribution in [1.82, 2.24) is 4.90 Å². The number of nitrogens with zero attached hydrogens (tertiary/aromatic N) is 1. The van der Waals surface area contributed by atoms with Crippen LogP contribution in [-0.4, -0.2) is 39.4 Å². The summed E-state index contributed by atoms with van der Waals surface area (Å²) in [6.07, 6.45) is 2.61. The highest BCUT2D eigenvalue weighted by Gasteiger charge is 2.33. The summed E-state index contributed by atoms with van der Waals surface area (Å²) in [6, 6.07) is 11.7. The second-order valence-corrected chi connectivity index (χ2v) is 7.38. The van der Waals surface area contributed by atoms with Crippen LogP contribution < -0.4 is 4.74 Å². The maximum Gasteiger partial charge on any atom is 0.323 e. The van der Waals surface area contributed by atoms with Gasteiger partial charge in [0.2, 0.25) is 0 Å². The molecule has 2 aromatic carbocycles. The molecule has 0 saturated carbocycles. The van der Waals surface area contributed by atoms with Crippen molar-refractivity contribution >= 4 is 57.0 Å². The summed E-state index contributed by atoms with van der Waals surface area (Å²) in [5, 5.41) is 11.0. The van der Waals surface area contributed by atoms with E-state index in [-0.39, 0.29) is 4.32 Å². The summed E-state index contributed by atoms with van der Waals surface area (Å²) in [6.45, 7) is 2.16. The first-order chi connectivity index (χ1) is 12.5. The number of hydrogen-bond donors (Lipinski definition) is 1. The first kappa shape index (κ1) is 18.4. The second kappa shape index (κ2) is 7.88. The van der Waals surface area contributed by atoms with Crippen LogP contribution in [0.3, 0.4) is 0 Å². The Labute approximate surface area is 160 Å². The van der Waals surface area contributed by atoms with Crippen LogP contribution in [0.5, 0.6) is 5.75 Å². The number of ether oxygens (including phenoxy) is 1. The number of carboxylic acids is 1. The topological polar surface area (TPSA) is 66.8 Å². The van der Waals surface area contributed by atoms with Gasteiger partial charge in [0.15, 0.2) is 0 Å². The monoisotopic (exact) mass is 387 g/mol. The molecule has 7 heteroatoms. The Morgan fingerprint density at radius 1 is 1.31 bits per heavy atom. The van der Waals surface area contributed by atoms with Crippen LogP contribution in [0.1, 0.15) is 18.9 Å². The summed E-state index contributed by atoms with van der Waals surface area (Å²) in [5.74, 6) is -0.800. The molecule has 0 aliphatic carbocycles. The van der Waals surface area contributed by atoms with Crippen molar-refractivity contribution in [2.75, 3.05) is 13.2 Å². The Balaban J connectivity index is 2.06. The molecule has 1 fully saturated rings. The summed E-state index contributed by atoms with van der Waals surface area (Å²) in [5.41, 5.74) is 0.798. The number of rotatable bonds is 6. The highest BCUT2D eigenvalue weighted by molar-refractivity contribution is 8.26. The number of carbonyl (C=O) groups is 2. The van der Waals surface area contributed by atoms with Crippen LogP contribution in [0.2, 0.25) is 0 Å². The fourth-order valence-electron chi connectivity index (χ4n) is 2.67. The molecule has 1 saturated heterocycles. The summed E-state index contributed by atoms with van der Waals surface area (Å²) in [4.78, 5) is 25.0. The number of thiocarbonyl (C=S) groups is 1. The van der Waals surface area contributed by atoms with E-state index < -0.39 is 18.4 Å². The zero-order valence-corrected chi connectivity index (χ0v) is 15.7. The van der Waals surface area contributed by atoms with Crippen LogP contribution in [-0.2, 0) is 9.59 Å². The van der Waals surface area contributed by atoms with E-state index in [0.29, 0.717) is 17.3 Å². The Hall–Kier alpha value is -2.38. The van der Waals surface area contributed by atoms with Crippen molar-refractivity contribution in [2.24, 2.45) is 0 Å². The van der Waals surface area contributed by atoms with E-state index in [4.69, 9.17) is 22.1 Å². The van der Waals surface area contributed by atoms with Crippen LogP contribution >= 0.6 is 24.0 Å². The van der Waals surface area contributed by atoms with Crippen molar-refractivity contribution < 1.29 is 19.4 Å². The lowest BCUT2D eigenvalue weighted by Gasteiger charge is -2.12. The minimum Gasteiger partial charge on any atom is -0.493 e. The van der Waals surface area contributed by atoms with Crippen LogP contribution in [0.15, 0.2) is 41.3 Å². The van der Waals surface area contributed by atoms with E-state index in [1.54, 1.807) is 6.08 Å². The molecule has 3 rings (SSSR count). The van der Waals surface area contributed by atoms with Crippen molar-refractivity contribution in [3.05, 3.63) is 46.9 Å². The predicted octanol–water partition coefficient (Wildman–Crippen LogP) is 3.91. The third-order valence-electron chi connectivity index (χ3n) is 3.83. The molecule has 1 N–H and O–H groups in total. The highest BCUT2D eigenvalue weighted by atomic mass is 32.2. The van der Waals surface area contributed by atoms with Crippen molar-refractivity contribution in [1.29, 1.82) is 0 Å². The third-order valence-corrected chi connectivity index (χ3v) is 5.21. The summed E-state index contributed by atoms with van der Waals surface area (Å²) < 4.78 is 6.10. The van der Waals surface area contributed by atoms with Crippen molar-refractivity contribution in [3.63, 3.8) is 0 Å². The molecule has 0 spiro atoms. The van der Waals surface area contributed by atoms with E-state index in [2.05, 4.69) is 0 Å². The zero-order chi connectivity index (χ0) is 18.7. The van der Waals surface area contributed by atoms with Gasteiger partial charge in [-0.2, -0.15) is 0 Å². The largest absolute Gasteiger partial charge is 0.493 e. The first-order valence-corrected chi connectivity index (χ1v) is 9.35. The molecule has 134 valence electrons. The van der Waals surface area contributed by atoms with Crippen LogP contribution in [0, 0.1) is 0 Å². The van der Waals surface area contributed by atoms with E-state index in [1.165, 1.54) is 0 Å². The normalized spacial score (nSPS) is 15.9. The van der Waals surface area contributed by atoms with E-state index >= 15 is 0 Å². The zero-order valence-electron chi connectivity index (χ0n) is 14.1. The highest BCUT2D eigenvalue weighted by Crippen LogP contribution is 2.36. The first-order valence-electron chi connectivity index (χ1n) is 8.13. The molecule has 1 aliphatic heterocycles. The van der Waals surface area contributed by atoms with Gasteiger partial charge in [0.05, 0.1) is 11.5 Å². The lowest BCUT2D eigenvalue weighted by atomic mass is 10.0. The van der Waals surface area contributed by atoms with Crippen molar-refractivity contribution in [3.8, 4) is 5.75 Å². The Morgan fingerprint density at radius 3 is 2.81 bits per heavy atom. The molecule has 0 unspecified atom stereocenters. The van der Waals surface area contributed by atoms with Crippen molar-refractivity contribution in [2.45, 2.75) is 13.3 Å². The fourth-order valence-corrected chi connectivity index (χ4v) is 3.90. The number of hydrogen-bond acceptors (Lipinski definition) is 5. The molecule has 1 amide bonds. The number of fused-ring (bicyclic) bond motifs is 1. The molecule has 0 atom stereocenters. The Bertz CT molecular complexity index is 923. The van der Waals surface area contributed by atoms with E-state index in [1.807, 2.05) is 43.3 Å². The average Bonchev–Trinajstić information content (AvgIpc) is 2.88. The lowest BCUT2D eigenvalue weighted by Crippen LogP contribution is -2.33. The third kappa shape index (κ3) is 3.73. The van der Waals surface area contributed by atoms with Gasteiger partial charge in [0, 0.05) is 5.56 Å². The second-order valence-electron chi connectivity index (χ2n) is 5.71. The minimum absolute atomic E-state index is 0.250. The van der Waals surface area contributed by atoms with Gasteiger partial charge in [-0.3, -0.25) is 14.5 Å². The number of benzene rings is 2. The fraction of sp³-hybridized carbons (Fsp3) is 0.211. The standard InChI is InChI=1S/C19H17NO4S2/c1-2-9-24-15-8-7-12-5-3-4-6-13(12)14(15)10-16-18(23)20(11-17(21)22)19(25)26-16/h3-8,10H,2,9,11H2,1H3,(H,21,22). The molecule has 0 aromatic heterocycles. The maximum atomic E-state index is 12.6.